The number of allylic oxidation sites excluding steroid dienone is 1. The van der Waals surface area contributed by atoms with E-state index in [9.17, 15) is 9.90 Å². The van der Waals surface area contributed by atoms with E-state index < -0.39 is 5.41 Å². The van der Waals surface area contributed by atoms with Gasteiger partial charge in [-0.25, -0.2) is 0 Å². The van der Waals surface area contributed by atoms with Crippen molar-refractivity contribution < 1.29 is 9.90 Å². The van der Waals surface area contributed by atoms with Gasteiger partial charge in [0.05, 0.1) is 5.41 Å². The van der Waals surface area contributed by atoms with Gasteiger partial charge in [-0.05, 0) is 66.4 Å². The van der Waals surface area contributed by atoms with E-state index in [0.29, 0.717) is 5.75 Å². The van der Waals surface area contributed by atoms with Crippen molar-refractivity contribution in [1.29, 1.82) is 0 Å². The molecule has 96 valence electrons. The maximum atomic E-state index is 12.0. The molecule has 2 heteroatoms. The lowest BCUT2D eigenvalue weighted by molar-refractivity contribution is -0.118. The van der Waals surface area contributed by atoms with E-state index >= 15 is 0 Å². The largest absolute Gasteiger partial charge is 0.508 e. The van der Waals surface area contributed by atoms with Crippen molar-refractivity contribution in [2.45, 2.75) is 26.2 Å². The highest BCUT2D eigenvalue weighted by molar-refractivity contribution is 6.08. The van der Waals surface area contributed by atoms with Crippen LogP contribution in [0.4, 0.5) is 0 Å². The first-order valence-electron chi connectivity index (χ1n) is 6.40. The smallest absolute Gasteiger partial charge is 0.165 e. The second kappa shape index (κ2) is 3.70. The lowest BCUT2D eigenvalue weighted by Crippen LogP contribution is -2.30. The van der Waals surface area contributed by atoms with Crippen LogP contribution in [-0.2, 0) is 10.2 Å². The number of hydrogen-bond acceptors (Lipinski definition) is 2. The maximum absolute atomic E-state index is 12.0. The van der Waals surface area contributed by atoms with Crippen LogP contribution in [0.2, 0.25) is 0 Å². The number of phenols is 1. The molecule has 0 bridgehead atoms. The zero-order chi connectivity index (χ0) is 13.8. The molecule has 0 spiro atoms. The van der Waals surface area contributed by atoms with E-state index in [1.807, 2.05) is 45.0 Å². The SMILES string of the molecule is Cc1cc2ccc3c(c2cc1O)C=CC(=O)C3(C)C. The van der Waals surface area contributed by atoms with Gasteiger partial charge in [0.1, 0.15) is 5.75 Å². The van der Waals surface area contributed by atoms with Gasteiger partial charge in [-0.15, -0.1) is 0 Å². The third-order valence-corrected chi connectivity index (χ3v) is 4.07. The van der Waals surface area contributed by atoms with Crippen LogP contribution in [0.3, 0.4) is 0 Å². The van der Waals surface area contributed by atoms with Gasteiger partial charge in [-0.3, -0.25) is 4.79 Å². The molecule has 2 aromatic carbocycles. The summed E-state index contributed by atoms with van der Waals surface area (Å²) in [6.07, 6.45) is 3.50. The third-order valence-electron chi connectivity index (χ3n) is 4.07. The molecule has 0 unspecified atom stereocenters. The Balaban J connectivity index is 2.41. The second-order valence-corrected chi connectivity index (χ2v) is 5.71. The van der Waals surface area contributed by atoms with Crippen LogP contribution in [0.1, 0.15) is 30.5 Å². The van der Waals surface area contributed by atoms with Crippen molar-refractivity contribution in [2.75, 3.05) is 0 Å². The molecule has 1 aliphatic carbocycles. The zero-order valence-electron chi connectivity index (χ0n) is 11.3. The molecule has 0 fully saturated rings. The third kappa shape index (κ3) is 1.60. The lowest BCUT2D eigenvalue weighted by Gasteiger charge is -2.28. The van der Waals surface area contributed by atoms with Crippen molar-refractivity contribution in [1.82, 2.24) is 0 Å². The first-order chi connectivity index (χ1) is 8.91. The molecule has 0 heterocycles. The highest BCUT2D eigenvalue weighted by Crippen LogP contribution is 2.38. The Morgan fingerprint density at radius 3 is 2.58 bits per heavy atom. The summed E-state index contributed by atoms with van der Waals surface area (Å²) in [6.45, 7) is 5.77. The minimum atomic E-state index is -0.501. The number of rotatable bonds is 0. The molecule has 0 aliphatic heterocycles. The van der Waals surface area contributed by atoms with Crippen molar-refractivity contribution >= 4 is 22.6 Å². The van der Waals surface area contributed by atoms with Crippen molar-refractivity contribution in [3.05, 3.63) is 47.0 Å². The Morgan fingerprint density at radius 1 is 1.11 bits per heavy atom. The Kier molecular flexibility index (Phi) is 2.33. The quantitative estimate of drug-likeness (QED) is 0.775. The normalized spacial score (nSPS) is 16.7. The van der Waals surface area contributed by atoms with Gasteiger partial charge >= 0.3 is 0 Å². The van der Waals surface area contributed by atoms with E-state index in [4.69, 9.17) is 0 Å². The molecule has 1 N–H and O–H groups in total. The van der Waals surface area contributed by atoms with Gasteiger partial charge in [0.25, 0.3) is 0 Å². The summed E-state index contributed by atoms with van der Waals surface area (Å²) in [5, 5.41) is 12.0. The van der Waals surface area contributed by atoms with Gasteiger partial charge in [-0.1, -0.05) is 18.2 Å². The summed E-state index contributed by atoms with van der Waals surface area (Å²) in [6, 6.07) is 7.81. The molecule has 0 atom stereocenters. The molecule has 0 saturated heterocycles. The topological polar surface area (TPSA) is 37.3 Å². The van der Waals surface area contributed by atoms with E-state index in [1.165, 1.54) is 0 Å². The minimum Gasteiger partial charge on any atom is -0.508 e. The Bertz CT molecular complexity index is 737. The fourth-order valence-corrected chi connectivity index (χ4v) is 2.72. The summed E-state index contributed by atoms with van der Waals surface area (Å²) < 4.78 is 0. The first-order valence-corrected chi connectivity index (χ1v) is 6.40. The standard InChI is InChI=1S/C17H16O2/c1-10-8-11-4-6-14-12(13(11)9-15(10)18)5-7-16(19)17(14,2)3/h4-9,18H,1-3H3. The highest BCUT2D eigenvalue weighted by atomic mass is 16.3. The molecule has 0 amide bonds. The second-order valence-electron chi connectivity index (χ2n) is 5.71. The van der Waals surface area contributed by atoms with Crippen LogP contribution in [0.15, 0.2) is 30.3 Å². The fraction of sp³-hybridized carbons (Fsp3) is 0.235. The van der Waals surface area contributed by atoms with Crippen LogP contribution >= 0.6 is 0 Å². The van der Waals surface area contributed by atoms with E-state index in [2.05, 4.69) is 0 Å². The van der Waals surface area contributed by atoms with Crippen LogP contribution in [0.5, 0.6) is 5.75 Å². The molecule has 0 radical (unpaired) electrons. The monoisotopic (exact) mass is 252 g/mol. The van der Waals surface area contributed by atoms with Gasteiger partial charge in [0.2, 0.25) is 0 Å². The molecular formula is C17H16O2. The van der Waals surface area contributed by atoms with Gasteiger partial charge in [-0.2, -0.15) is 0 Å². The molecule has 0 aromatic heterocycles. The van der Waals surface area contributed by atoms with Crippen LogP contribution < -0.4 is 0 Å². The predicted octanol–water partition coefficient (Wildman–Crippen LogP) is 3.73. The first kappa shape index (κ1) is 12.0. The summed E-state index contributed by atoms with van der Waals surface area (Å²) in [4.78, 5) is 12.0. The molecule has 0 saturated carbocycles. The molecule has 1 aliphatic rings. The van der Waals surface area contributed by atoms with Crippen molar-refractivity contribution in [3.63, 3.8) is 0 Å². The number of aryl methyl sites for hydroxylation is 1. The highest BCUT2D eigenvalue weighted by Gasteiger charge is 2.32. The number of phenolic OH excluding ortho intramolecular Hbond substituents is 1. The summed E-state index contributed by atoms with van der Waals surface area (Å²) in [7, 11) is 0. The molecule has 3 rings (SSSR count). The average Bonchev–Trinajstić information content (AvgIpc) is 2.35. The van der Waals surface area contributed by atoms with Gasteiger partial charge in [0.15, 0.2) is 5.78 Å². The number of carbonyl (C=O) groups is 1. The van der Waals surface area contributed by atoms with E-state index in [0.717, 1.165) is 27.5 Å². The number of ketones is 1. The average molecular weight is 252 g/mol. The Labute approximate surface area is 112 Å². The Morgan fingerprint density at radius 2 is 1.84 bits per heavy atom. The summed E-state index contributed by atoms with van der Waals surface area (Å²) in [5.74, 6) is 0.416. The molecule has 19 heavy (non-hydrogen) atoms. The number of hydrogen-bond donors (Lipinski definition) is 1. The number of carbonyl (C=O) groups excluding carboxylic acids is 1. The number of benzene rings is 2. The molecular weight excluding hydrogens is 236 g/mol. The Hall–Kier alpha value is -2.09. The minimum absolute atomic E-state index is 0.121. The van der Waals surface area contributed by atoms with E-state index in [-0.39, 0.29) is 5.78 Å². The van der Waals surface area contributed by atoms with Crippen LogP contribution in [0.25, 0.3) is 16.8 Å². The number of aromatic hydroxyl groups is 1. The van der Waals surface area contributed by atoms with Crippen LogP contribution in [-0.4, -0.2) is 10.9 Å². The summed E-state index contributed by atoms with van der Waals surface area (Å²) in [5.41, 5.74) is 2.43. The molecule has 2 aromatic rings. The zero-order valence-corrected chi connectivity index (χ0v) is 11.3. The van der Waals surface area contributed by atoms with Crippen LogP contribution in [0, 0.1) is 6.92 Å². The summed E-state index contributed by atoms with van der Waals surface area (Å²) >= 11 is 0. The number of fused-ring (bicyclic) bond motifs is 3. The molecule has 2 nitrogen and oxygen atoms in total. The van der Waals surface area contributed by atoms with Crippen molar-refractivity contribution in [3.8, 4) is 5.75 Å². The van der Waals surface area contributed by atoms with Gasteiger partial charge in [0, 0.05) is 0 Å². The maximum Gasteiger partial charge on any atom is 0.165 e. The predicted molar refractivity (Wildman–Crippen MR) is 77.4 cm³/mol. The van der Waals surface area contributed by atoms with Crippen molar-refractivity contribution in [2.24, 2.45) is 0 Å². The fourth-order valence-electron chi connectivity index (χ4n) is 2.72. The lowest BCUT2D eigenvalue weighted by atomic mass is 9.74. The van der Waals surface area contributed by atoms with Gasteiger partial charge < -0.3 is 5.11 Å². The van der Waals surface area contributed by atoms with E-state index in [1.54, 1.807) is 12.1 Å².